The number of para-hydroxylation sites is 1. The molecule has 0 amide bonds. The molecule has 7 heteroatoms. The lowest BCUT2D eigenvalue weighted by molar-refractivity contribution is 0.326. The second-order valence-corrected chi connectivity index (χ2v) is 6.99. The summed E-state index contributed by atoms with van der Waals surface area (Å²) in [6.45, 7) is 5.92. The molecule has 4 rings (SSSR count). The van der Waals surface area contributed by atoms with Crippen LogP contribution < -0.4 is 19.9 Å². The van der Waals surface area contributed by atoms with Crippen molar-refractivity contribution in [1.29, 1.82) is 5.26 Å². The molecule has 0 fully saturated rings. The second-order valence-electron chi connectivity index (χ2n) is 6.99. The van der Waals surface area contributed by atoms with Crippen LogP contribution in [0.25, 0.3) is 5.69 Å². The second kappa shape index (κ2) is 8.28. The van der Waals surface area contributed by atoms with E-state index in [4.69, 9.17) is 19.9 Å². The maximum atomic E-state index is 9.87. The quantitative estimate of drug-likeness (QED) is 0.613. The molecule has 1 atom stereocenters. The number of hydrogen-bond donors (Lipinski definition) is 1. The van der Waals surface area contributed by atoms with E-state index in [9.17, 15) is 5.26 Å². The Hall–Kier alpha value is -4.18. The maximum absolute atomic E-state index is 9.87. The minimum Gasteiger partial charge on any atom is -0.493 e. The fourth-order valence-corrected chi connectivity index (χ4v) is 3.72. The summed E-state index contributed by atoms with van der Waals surface area (Å²) in [5.74, 6) is 1.25. The van der Waals surface area contributed by atoms with E-state index in [1.54, 1.807) is 17.9 Å². The number of nitrogens with two attached hydrogens (primary N) is 1. The molecule has 0 saturated carbocycles. The predicted molar refractivity (Wildman–Crippen MR) is 116 cm³/mol. The molecule has 2 N–H and O–H groups in total. The molecular weight excluding hydrogens is 392 g/mol. The Balaban J connectivity index is 1.88. The third-order valence-electron chi connectivity index (χ3n) is 5.11. The summed E-state index contributed by atoms with van der Waals surface area (Å²) < 4.78 is 18.8. The van der Waals surface area contributed by atoms with Gasteiger partial charge >= 0.3 is 0 Å². The Labute approximate surface area is 180 Å². The number of ether oxygens (including phenoxy) is 3. The van der Waals surface area contributed by atoms with E-state index in [0.29, 0.717) is 29.6 Å². The summed E-state index contributed by atoms with van der Waals surface area (Å²) in [4.78, 5) is 0. The third-order valence-corrected chi connectivity index (χ3v) is 5.11. The zero-order chi connectivity index (χ0) is 22.0. The standard InChI is InChI=1S/C24H22N4O3/c1-4-12-30-19-11-10-16(13-20(19)29-3)22-18(14-25)23(26)31-24-21(22)15(2)27-28(24)17-8-6-5-7-9-17/h4-11,13,22H,1,12,26H2,2-3H3/t22-/m1/s1. The lowest BCUT2D eigenvalue weighted by Gasteiger charge is -2.25. The van der Waals surface area contributed by atoms with Gasteiger partial charge in [0.1, 0.15) is 18.2 Å². The SMILES string of the molecule is C=CCOc1ccc([C@@H]2C(C#N)=C(N)Oc3c2c(C)nn3-c2ccccc2)cc1OC. The molecule has 1 aliphatic rings. The lowest BCUT2D eigenvalue weighted by atomic mass is 9.84. The zero-order valence-electron chi connectivity index (χ0n) is 17.3. The fraction of sp³-hybridized carbons (Fsp3) is 0.167. The molecule has 3 aromatic rings. The van der Waals surface area contributed by atoms with Crippen LogP contribution in [0.15, 0.2) is 72.6 Å². The first kappa shape index (κ1) is 20.1. The van der Waals surface area contributed by atoms with Crippen molar-refractivity contribution >= 4 is 0 Å². The van der Waals surface area contributed by atoms with Crippen LogP contribution in [-0.2, 0) is 0 Å². The molecule has 0 bridgehead atoms. The highest BCUT2D eigenvalue weighted by Gasteiger charge is 2.36. The van der Waals surface area contributed by atoms with Gasteiger partial charge in [-0.05, 0) is 36.8 Å². The number of allylic oxidation sites excluding steroid dienone is 1. The highest BCUT2D eigenvalue weighted by Crippen LogP contribution is 2.46. The summed E-state index contributed by atoms with van der Waals surface area (Å²) in [5.41, 5.74) is 9.70. The number of aromatic nitrogens is 2. The molecule has 7 nitrogen and oxygen atoms in total. The van der Waals surface area contributed by atoms with Crippen LogP contribution >= 0.6 is 0 Å². The van der Waals surface area contributed by atoms with Crippen molar-refractivity contribution in [3.05, 3.63) is 89.5 Å². The first-order valence-electron chi connectivity index (χ1n) is 9.73. The number of fused-ring (bicyclic) bond motifs is 1. The monoisotopic (exact) mass is 414 g/mol. The van der Waals surface area contributed by atoms with E-state index in [1.165, 1.54) is 0 Å². The summed E-state index contributed by atoms with van der Waals surface area (Å²) in [5, 5.41) is 14.5. The number of nitriles is 1. The Morgan fingerprint density at radius 2 is 2.03 bits per heavy atom. The Bertz CT molecular complexity index is 1210. The first-order chi connectivity index (χ1) is 15.1. The van der Waals surface area contributed by atoms with E-state index >= 15 is 0 Å². The molecule has 31 heavy (non-hydrogen) atoms. The molecule has 0 spiro atoms. The van der Waals surface area contributed by atoms with Gasteiger partial charge in [-0.15, -0.1) is 0 Å². The minimum atomic E-state index is -0.450. The van der Waals surface area contributed by atoms with Crippen molar-refractivity contribution in [1.82, 2.24) is 9.78 Å². The van der Waals surface area contributed by atoms with Crippen molar-refractivity contribution in [2.75, 3.05) is 13.7 Å². The number of rotatable bonds is 6. The number of methoxy groups -OCH3 is 1. The maximum Gasteiger partial charge on any atom is 0.229 e. The molecule has 0 unspecified atom stereocenters. The van der Waals surface area contributed by atoms with Crippen LogP contribution in [0.2, 0.25) is 0 Å². The average molecular weight is 414 g/mol. The topological polar surface area (TPSA) is 95.3 Å². The number of benzene rings is 2. The van der Waals surface area contributed by atoms with Gasteiger partial charge in [-0.2, -0.15) is 10.4 Å². The van der Waals surface area contributed by atoms with Crippen molar-refractivity contribution in [3.63, 3.8) is 0 Å². The molecule has 1 aliphatic heterocycles. The van der Waals surface area contributed by atoms with Gasteiger partial charge in [-0.1, -0.05) is 36.9 Å². The molecule has 0 saturated heterocycles. The van der Waals surface area contributed by atoms with Crippen LogP contribution in [0.3, 0.4) is 0 Å². The molecular formula is C24H22N4O3. The van der Waals surface area contributed by atoms with Gasteiger partial charge in [-0.3, -0.25) is 0 Å². The van der Waals surface area contributed by atoms with Crippen molar-refractivity contribution in [2.24, 2.45) is 5.73 Å². The Kier molecular flexibility index (Phi) is 5.37. The summed E-state index contributed by atoms with van der Waals surface area (Å²) in [6.07, 6.45) is 1.66. The van der Waals surface area contributed by atoms with E-state index in [2.05, 4.69) is 17.7 Å². The van der Waals surface area contributed by atoms with E-state index in [0.717, 1.165) is 22.5 Å². The van der Waals surface area contributed by atoms with E-state index in [-0.39, 0.29) is 5.88 Å². The number of nitrogens with zero attached hydrogens (tertiary/aromatic N) is 3. The van der Waals surface area contributed by atoms with Crippen molar-refractivity contribution in [2.45, 2.75) is 12.8 Å². The van der Waals surface area contributed by atoms with Crippen LogP contribution in [0.1, 0.15) is 22.7 Å². The third kappa shape index (κ3) is 3.49. The van der Waals surface area contributed by atoms with Crippen LogP contribution in [0.4, 0.5) is 0 Å². The molecule has 2 heterocycles. The van der Waals surface area contributed by atoms with Crippen molar-refractivity contribution < 1.29 is 14.2 Å². The minimum absolute atomic E-state index is 0.0584. The smallest absolute Gasteiger partial charge is 0.229 e. The van der Waals surface area contributed by atoms with Crippen LogP contribution in [-0.4, -0.2) is 23.5 Å². The van der Waals surface area contributed by atoms with E-state index in [1.807, 2.05) is 55.5 Å². The van der Waals surface area contributed by atoms with Crippen molar-refractivity contribution in [3.8, 4) is 29.1 Å². The van der Waals surface area contributed by atoms with Gasteiger partial charge < -0.3 is 19.9 Å². The summed E-state index contributed by atoms with van der Waals surface area (Å²) >= 11 is 0. The highest BCUT2D eigenvalue weighted by atomic mass is 16.5. The van der Waals surface area contributed by atoms with Gasteiger partial charge in [0.2, 0.25) is 11.8 Å². The fourth-order valence-electron chi connectivity index (χ4n) is 3.72. The normalized spacial score (nSPS) is 14.9. The highest BCUT2D eigenvalue weighted by molar-refractivity contribution is 5.59. The van der Waals surface area contributed by atoms with Gasteiger partial charge in [0.25, 0.3) is 0 Å². The molecule has 0 radical (unpaired) electrons. The Morgan fingerprint density at radius 1 is 1.26 bits per heavy atom. The first-order valence-corrected chi connectivity index (χ1v) is 9.73. The summed E-state index contributed by atoms with van der Waals surface area (Å²) in [7, 11) is 1.57. The Morgan fingerprint density at radius 3 is 2.71 bits per heavy atom. The van der Waals surface area contributed by atoms with Gasteiger partial charge in [0.15, 0.2) is 11.5 Å². The van der Waals surface area contributed by atoms with Gasteiger partial charge in [0, 0.05) is 0 Å². The van der Waals surface area contributed by atoms with E-state index < -0.39 is 5.92 Å². The molecule has 156 valence electrons. The molecule has 1 aromatic heterocycles. The van der Waals surface area contributed by atoms with Gasteiger partial charge in [0.05, 0.1) is 30.0 Å². The average Bonchev–Trinajstić information content (AvgIpc) is 3.13. The summed E-state index contributed by atoms with van der Waals surface area (Å²) in [6, 6.07) is 17.4. The molecule has 0 aliphatic carbocycles. The lowest BCUT2D eigenvalue weighted by Crippen LogP contribution is -2.22. The number of hydrogen-bond acceptors (Lipinski definition) is 6. The largest absolute Gasteiger partial charge is 0.493 e. The van der Waals surface area contributed by atoms with Crippen LogP contribution in [0.5, 0.6) is 17.4 Å². The predicted octanol–water partition coefficient (Wildman–Crippen LogP) is 3.97. The van der Waals surface area contributed by atoms with Crippen LogP contribution in [0, 0.1) is 18.3 Å². The molecule has 2 aromatic carbocycles. The number of aryl methyl sites for hydroxylation is 1. The zero-order valence-corrected chi connectivity index (χ0v) is 17.3. The van der Waals surface area contributed by atoms with Gasteiger partial charge in [-0.25, -0.2) is 4.68 Å².